The summed E-state index contributed by atoms with van der Waals surface area (Å²) < 4.78 is 1.72. The third kappa shape index (κ3) is 4.36. The van der Waals surface area contributed by atoms with Crippen molar-refractivity contribution in [2.24, 2.45) is 0 Å². The van der Waals surface area contributed by atoms with Crippen molar-refractivity contribution in [1.29, 1.82) is 5.26 Å². The Morgan fingerprint density at radius 3 is 2.47 bits per heavy atom. The van der Waals surface area contributed by atoms with Crippen molar-refractivity contribution in [3.63, 3.8) is 0 Å². The number of benzene rings is 1. The van der Waals surface area contributed by atoms with Gasteiger partial charge in [0.25, 0.3) is 5.56 Å². The molecule has 178 valence electrons. The lowest BCUT2D eigenvalue weighted by Gasteiger charge is -2.38. The zero-order chi connectivity index (χ0) is 23.7. The third-order valence-electron chi connectivity index (χ3n) is 7.12. The minimum absolute atomic E-state index is 0. The van der Waals surface area contributed by atoms with E-state index < -0.39 is 0 Å². The Hall–Kier alpha value is -3.44. The lowest BCUT2D eigenvalue weighted by Crippen LogP contribution is -2.48. The van der Waals surface area contributed by atoms with Crippen LogP contribution in [-0.2, 0) is 0 Å². The molecule has 0 bridgehead atoms. The van der Waals surface area contributed by atoms with Gasteiger partial charge in [0, 0.05) is 62.6 Å². The number of anilines is 3. The molecule has 8 heteroatoms. The van der Waals surface area contributed by atoms with Gasteiger partial charge in [0.1, 0.15) is 17.3 Å². The zero-order valence-electron chi connectivity index (χ0n) is 19.9. The van der Waals surface area contributed by atoms with Gasteiger partial charge >= 0.3 is 0 Å². The zero-order valence-corrected chi connectivity index (χ0v) is 19.9. The minimum Gasteiger partial charge on any atom is -0.369 e. The predicted molar refractivity (Wildman–Crippen MR) is 137 cm³/mol. The largest absolute Gasteiger partial charge is 0.369 e. The van der Waals surface area contributed by atoms with E-state index in [1.807, 2.05) is 18.2 Å². The number of pyridine rings is 1. The van der Waals surface area contributed by atoms with E-state index in [1.54, 1.807) is 16.8 Å². The van der Waals surface area contributed by atoms with Crippen molar-refractivity contribution in [3.8, 4) is 6.07 Å². The second-order valence-electron chi connectivity index (χ2n) is 9.54. The lowest BCUT2D eigenvalue weighted by molar-refractivity contribution is 0.209. The smallest absolute Gasteiger partial charge is 0.270 e. The molecule has 34 heavy (non-hydrogen) atoms. The first-order valence-corrected chi connectivity index (χ1v) is 12.2. The van der Waals surface area contributed by atoms with E-state index in [0.29, 0.717) is 23.0 Å². The maximum Gasteiger partial charge on any atom is 0.270 e. The first-order chi connectivity index (χ1) is 16.5. The van der Waals surface area contributed by atoms with Crippen LogP contribution in [0.5, 0.6) is 0 Å². The van der Waals surface area contributed by atoms with Crippen LogP contribution in [0, 0.1) is 11.3 Å². The molecule has 8 nitrogen and oxygen atoms in total. The summed E-state index contributed by atoms with van der Waals surface area (Å²) in [5.74, 6) is 0.446. The van der Waals surface area contributed by atoms with Gasteiger partial charge in [-0.2, -0.15) is 10.2 Å². The normalized spacial score (nSPS) is 17.4. The number of piperazine rings is 1. The summed E-state index contributed by atoms with van der Waals surface area (Å²) >= 11 is 0. The van der Waals surface area contributed by atoms with E-state index >= 15 is 0 Å². The van der Waals surface area contributed by atoms with Gasteiger partial charge in [-0.1, -0.05) is 12.8 Å². The molecule has 0 spiro atoms. The van der Waals surface area contributed by atoms with Gasteiger partial charge in [0.2, 0.25) is 5.95 Å². The van der Waals surface area contributed by atoms with E-state index in [-0.39, 0.29) is 18.6 Å². The van der Waals surface area contributed by atoms with E-state index in [0.717, 1.165) is 57.5 Å². The SMILES string of the molecule is CC(C)N1CCN(c2ccc(Nc3ncc4cc(C#N)c(=O)n(C5CCCC5)c4n3)cc2)CC1.[HH]. The van der Waals surface area contributed by atoms with Crippen LogP contribution < -0.4 is 15.8 Å². The van der Waals surface area contributed by atoms with Crippen molar-refractivity contribution >= 4 is 28.4 Å². The molecule has 0 radical (unpaired) electrons. The van der Waals surface area contributed by atoms with Crippen molar-refractivity contribution in [2.45, 2.75) is 51.6 Å². The second-order valence-corrected chi connectivity index (χ2v) is 9.54. The van der Waals surface area contributed by atoms with Gasteiger partial charge < -0.3 is 10.2 Å². The Morgan fingerprint density at radius 1 is 1.12 bits per heavy atom. The maximum absolute atomic E-state index is 13.0. The van der Waals surface area contributed by atoms with Crippen molar-refractivity contribution in [3.05, 3.63) is 52.4 Å². The van der Waals surface area contributed by atoms with Gasteiger partial charge in [0.15, 0.2) is 0 Å². The summed E-state index contributed by atoms with van der Waals surface area (Å²) in [5, 5.41) is 13.4. The molecule has 1 aliphatic heterocycles. The third-order valence-corrected chi connectivity index (χ3v) is 7.12. The number of hydrogen-bond acceptors (Lipinski definition) is 7. The molecule has 3 aromatic rings. The van der Waals surface area contributed by atoms with Crippen LogP contribution in [0.15, 0.2) is 41.3 Å². The van der Waals surface area contributed by atoms with E-state index in [4.69, 9.17) is 4.98 Å². The Bertz CT molecular complexity index is 1270. The van der Waals surface area contributed by atoms with Gasteiger partial charge in [-0.3, -0.25) is 14.3 Å². The lowest BCUT2D eigenvalue weighted by atomic mass is 10.2. The number of hydrogen-bond donors (Lipinski definition) is 1. The number of rotatable bonds is 5. The average Bonchev–Trinajstić information content (AvgIpc) is 3.39. The quantitative estimate of drug-likeness (QED) is 0.608. The second kappa shape index (κ2) is 9.43. The molecule has 2 aromatic heterocycles. The van der Waals surface area contributed by atoms with Crippen molar-refractivity contribution in [2.75, 3.05) is 36.4 Å². The summed E-state index contributed by atoms with van der Waals surface area (Å²) in [4.78, 5) is 27.0. The fraction of sp³-hybridized carbons (Fsp3) is 0.462. The molecule has 1 saturated carbocycles. The fourth-order valence-corrected chi connectivity index (χ4v) is 5.14. The van der Waals surface area contributed by atoms with Gasteiger partial charge in [-0.25, -0.2) is 4.98 Å². The average molecular weight is 460 g/mol. The van der Waals surface area contributed by atoms with E-state index in [1.165, 1.54) is 5.69 Å². The molecule has 1 saturated heterocycles. The summed E-state index contributed by atoms with van der Waals surface area (Å²) in [5.41, 5.74) is 2.59. The number of fused-ring (bicyclic) bond motifs is 1. The number of aromatic nitrogens is 3. The van der Waals surface area contributed by atoms with Gasteiger partial charge in [-0.15, -0.1) is 0 Å². The van der Waals surface area contributed by atoms with Crippen molar-refractivity contribution < 1.29 is 1.43 Å². The highest BCUT2D eigenvalue weighted by Gasteiger charge is 2.23. The number of nitrogens with one attached hydrogen (secondary N) is 1. The first kappa shape index (κ1) is 22.4. The Labute approximate surface area is 201 Å². The molecule has 2 fully saturated rings. The van der Waals surface area contributed by atoms with Gasteiger partial charge in [-0.05, 0) is 57.0 Å². The van der Waals surface area contributed by atoms with E-state index in [2.05, 4.69) is 46.1 Å². The molecule has 1 aliphatic carbocycles. The molecular weight excluding hydrogens is 426 g/mol. The highest BCUT2D eigenvalue weighted by molar-refractivity contribution is 5.77. The number of nitriles is 1. The predicted octanol–water partition coefficient (Wildman–Crippen LogP) is 4.30. The summed E-state index contributed by atoms with van der Waals surface area (Å²) in [6, 6.07) is 12.6. The molecule has 2 aliphatic rings. The van der Waals surface area contributed by atoms with Crippen LogP contribution in [-0.4, -0.2) is 51.7 Å². The van der Waals surface area contributed by atoms with Gasteiger partial charge in [0.05, 0.1) is 0 Å². The van der Waals surface area contributed by atoms with Crippen LogP contribution in [0.4, 0.5) is 17.3 Å². The molecule has 0 unspecified atom stereocenters. The molecule has 0 atom stereocenters. The molecular formula is C26H33N7O. The standard InChI is InChI=1S/C26H31N7O.H2/c1-18(2)31-11-13-32(14-12-31)22-9-7-21(8-10-22)29-26-28-17-20-15-19(16-27)25(34)33(24(20)30-26)23-5-3-4-6-23;/h7-10,15,17-18,23H,3-6,11-14H2,1-2H3,(H,28,29,30);1H. The van der Waals surface area contributed by atoms with Crippen LogP contribution in [0.25, 0.3) is 11.0 Å². The first-order valence-electron chi connectivity index (χ1n) is 12.2. The van der Waals surface area contributed by atoms with Crippen molar-refractivity contribution in [1.82, 2.24) is 19.4 Å². The minimum atomic E-state index is -0.256. The topological polar surface area (TPSA) is 90.1 Å². The Balaban J connectivity index is 0.00000289. The molecule has 1 N–H and O–H groups in total. The van der Waals surface area contributed by atoms with E-state index in [9.17, 15) is 10.1 Å². The summed E-state index contributed by atoms with van der Waals surface area (Å²) in [7, 11) is 0. The molecule has 0 amide bonds. The van der Waals surface area contributed by atoms with Crippen LogP contribution >= 0.6 is 0 Å². The molecule has 1 aromatic carbocycles. The maximum atomic E-state index is 13.0. The molecule has 5 rings (SSSR count). The highest BCUT2D eigenvalue weighted by Crippen LogP contribution is 2.31. The van der Waals surface area contributed by atoms with Crippen LogP contribution in [0.2, 0.25) is 0 Å². The number of nitrogens with zero attached hydrogens (tertiary/aromatic N) is 6. The fourth-order valence-electron chi connectivity index (χ4n) is 5.14. The molecule has 3 heterocycles. The van der Waals surface area contributed by atoms with Crippen LogP contribution in [0.1, 0.15) is 52.6 Å². The Morgan fingerprint density at radius 2 is 1.82 bits per heavy atom. The Kier molecular flexibility index (Phi) is 6.20. The summed E-state index contributed by atoms with van der Waals surface area (Å²) in [6.45, 7) is 8.73. The van der Waals surface area contributed by atoms with Crippen LogP contribution in [0.3, 0.4) is 0 Å². The monoisotopic (exact) mass is 459 g/mol. The highest BCUT2D eigenvalue weighted by atomic mass is 16.1. The summed E-state index contributed by atoms with van der Waals surface area (Å²) in [6.07, 6.45) is 5.74.